The van der Waals surface area contributed by atoms with Gasteiger partial charge in [0.1, 0.15) is 6.33 Å². The summed E-state index contributed by atoms with van der Waals surface area (Å²) in [6.45, 7) is 4.18. The minimum absolute atomic E-state index is 0.836. The van der Waals surface area contributed by atoms with E-state index in [0.29, 0.717) is 0 Å². The van der Waals surface area contributed by atoms with Crippen molar-refractivity contribution >= 4 is 5.82 Å². The summed E-state index contributed by atoms with van der Waals surface area (Å²) in [5.41, 5.74) is 0.923. The summed E-state index contributed by atoms with van der Waals surface area (Å²) in [6, 6.07) is 0. The van der Waals surface area contributed by atoms with Gasteiger partial charge in [0.05, 0.1) is 12.8 Å². The molecule has 2 heterocycles. The lowest BCUT2D eigenvalue weighted by atomic mass is 9.92. The molecule has 0 spiro atoms. The highest BCUT2D eigenvalue weighted by molar-refractivity contribution is 5.54. The van der Waals surface area contributed by atoms with E-state index >= 15 is 0 Å². The van der Waals surface area contributed by atoms with Gasteiger partial charge in [-0.25, -0.2) is 9.97 Å². The van der Waals surface area contributed by atoms with Crippen LogP contribution in [0.15, 0.2) is 6.33 Å². The molecule has 98 valence electrons. The second kappa shape index (κ2) is 4.75. The van der Waals surface area contributed by atoms with Crippen LogP contribution in [0, 0.1) is 18.8 Å². The van der Waals surface area contributed by atoms with Gasteiger partial charge >= 0.3 is 0 Å². The number of anilines is 1. The normalized spacial score (nSPS) is 21.1. The lowest BCUT2D eigenvalue weighted by Crippen LogP contribution is -2.35. The number of piperidine rings is 1. The Kier molecular flexibility index (Phi) is 3.10. The fraction of sp³-hybridized carbons (Fsp3) is 0.714. The molecule has 1 aliphatic heterocycles. The lowest BCUT2D eigenvalue weighted by Gasteiger charge is -2.33. The van der Waals surface area contributed by atoms with Gasteiger partial charge in [0, 0.05) is 13.1 Å². The molecule has 2 aliphatic rings. The van der Waals surface area contributed by atoms with Crippen molar-refractivity contribution in [2.24, 2.45) is 11.8 Å². The summed E-state index contributed by atoms with van der Waals surface area (Å²) in [5, 5.41) is 0. The molecule has 0 bridgehead atoms. The molecule has 4 nitrogen and oxygen atoms in total. The predicted octanol–water partition coefficient (Wildman–Crippen LogP) is 2.42. The van der Waals surface area contributed by atoms with E-state index in [9.17, 15) is 0 Å². The van der Waals surface area contributed by atoms with Crippen LogP contribution in [-0.2, 0) is 0 Å². The Morgan fingerprint density at radius 2 is 1.78 bits per heavy atom. The quantitative estimate of drug-likeness (QED) is 0.822. The number of aromatic nitrogens is 2. The summed E-state index contributed by atoms with van der Waals surface area (Å²) >= 11 is 0. The van der Waals surface area contributed by atoms with E-state index in [0.717, 1.165) is 42.2 Å². The number of rotatable bonds is 3. The Labute approximate surface area is 108 Å². The number of hydrogen-bond donors (Lipinski definition) is 0. The van der Waals surface area contributed by atoms with Crippen LogP contribution in [0.4, 0.5) is 5.82 Å². The molecule has 1 aromatic heterocycles. The van der Waals surface area contributed by atoms with E-state index in [2.05, 4.69) is 14.9 Å². The number of hydrogen-bond acceptors (Lipinski definition) is 4. The van der Waals surface area contributed by atoms with Gasteiger partial charge in [0.15, 0.2) is 11.6 Å². The lowest BCUT2D eigenvalue weighted by molar-refractivity contribution is 0.356. The fourth-order valence-corrected chi connectivity index (χ4v) is 3.06. The monoisotopic (exact) mass is 247 g/mol. The van der Waals surface area contributed by atoms with Crippen molar-refractivity contribution in [3.8, 4) is 5.75 Å². The molecule has 0 amide bonds. The van der Waals surface area contributed by atoms with Crippen LogP contribution in [0.3, 0.4) is 0 Å². The molecule has 0 N–H and O–H groups in total. The Bertz CT molecular complexity index is 423. The van der Waals surface area contributed by atoms with Gasteiger partial charge in [-0.15, -0.1) is 0 Å². The first-order chi connectivity index (χ1) is 8.79. The fourth-order valence-electron chi connectivity index (χ4n) is 3.06. The maximum absolute atomic E-state index is 5.45. The highest BCUT2D eigenvalue weighted by atomic mass is 16.5. The molecule has 0 radical (unpaired) electrons. The van der Waals surface area contributed by atoms with E-state index in [1.807, 2.05) is 6.92 Å². The smallest absolute Gasteiger partial charge is 0.182 e. The Hall–Kier alpha value is -1.32. The van der Waals surface area contributed by atoms with Crippen molar-refractivity contribution in [2.45, 2.75) is 32.6 Å². The van der Waals surface area contributed by atoms with Crippen LogP contribution in [-0.4, -0.2) is 30.2 Å². The van der Waals surface area contributed by atoms with Gasteiger partial charge in [0.25, 0.3) is 0 Å². The van der Waals surface area contributed by atoms with Crippen LogP contribution in [0.5, 0.6) is 5.75 Å². The summed E-state index contributed by atoms with van der Waals surface area (Å²) in [5.74, 6) is 3.79. The topological polar surface area (TPSA) is 38.3 Å². The van der Waals surface area contributed by atoms with Crippen molar-refractivity contribution in [1.29, 1.82) is 0 Å². The van der Waals surface area contributed by atoms with Crippen LogP contribution >= 0.6 is 0 Å². The summed E-state index contributed by atoms with van der Waals surface area (Å²) in [4.78, 5) is 11.0. The molecule has 4 heteroatoms. The maximum atomic E-state index is 5.45. The summed E-state index contributed by atoms with van der Waals surface area (Å²) in [6.07, 6.45) is 7.16. The molecule has 1 saturated heterocycles. The van der Waals surface area contributed by atoms with Crippen LogP contribution < -0.4 is 9.64 Å². The van der Waals surface area contributed by atoms with Gasteiger partial charge in [-0.1, -0.05) is 0 Å². The average molecular weight is 247 g/mol. The van der Waals surface area contributed by atoms with Gasteiger partial charge in [-0.3, -0.25) is 0 Å². The van der Waals surface area contributed by atoms with Crippen LogP contribution in [0.25, 0.3) is 0 Å². The third kappa shape index (κ3) is 2.16. The molecule has 1 aliphatic carbocycles. The molecule has 0 atom stereocenters. The van der Waals surface area contributed by atoms with Crippen molar-refractivity contribution in [2.75, 3.05) is 25.1 Å². The van der Waals surface area contributed by atoms with Crippen molar-refractivity contribution < 1.29 is 4.74 Å². The minimum Gasteiger partial charge on any atom is -0.491 e. The van der Waals surface area contributed by atoms with Crippen LogP contribution in [0.1, 0.15) is 31.4 Å². The van der Waals surface area contributed by atoms with E-state index in [1.54, 1.807) is 13.4 Å². The molecule has 0 unspecified atom stereocenters. The first-order valence-electron chi connectivity index (χ1n) is 6.90. The molecule has 3 rings (SSSR count). The molecule has 1 aromatic rings. The van der Waals surface area contributed by atoms with Gasteiger partial charge < -0.3 is 9.64 Å². The molecule has 2 fully saturated rings. The second-order valence-electron chi connectivity index (χ2n) is 5.48. The average Bonchev–Trinajstić information content (AvgIpc) is 3.23. The highest BCUT2D eigenvalue weighted by Gasteiger charge is 2.34. The standard InChI is InChI=1S/C14H21N3O/c1-10-13(18-2)14(16-9-15-10)17-7-5-12(6-8-17)11-3-4-11/h9,11-12H,3-8H2,1-2H3. The second-order valence-corrected chi connectivity index (χ2v) is 5.48. The van der Waals surface area contributed by atoms with Crippen molar-refractivity contribution in [1.82, 2.24) is 9.97 Å². The summed E-state index contributed by atoms with van der Waals surface area (Å²) in [7, 11) is 1.70. The zero-order valence-electron chi connectivity index (χ0n) is 11.2. The Balaban J connectivity index is 1.73. The first-order valence-corrected chi connectivity index (χ1v) is 6.90. The number of methoxy groups -OCH3 is 1. The number of nitrogens with zero attached hydrogens (tertiary/aromatic N) is 3. The van der Waals surface area contributed by atoms with E-state index in [1.165, 1.54) is 25.7 Å². The van der Waals surface area contributed by atoms with Gasteiger partial charge in [-0.2, -0.15) is 0 Å². The maximum Gasteiger partial charge on any atom is 0.182 e. The Morgan fingerprint density at radius 1 is 1.11 bits per heavy atom. The molecule has 0 aromatic carbocycles. The molecular formula is C14H21N3O. The van der Waals surface area contributed by atoms with Crippen LogP contribution in [0.2, 0.25) is 0 Å². The van der Waals surface area contributed by atoms with Crippen molar-refractivity contribution in [3.63, 3.8) is 0 Å². The summed E-state index contributed by atoms with van der Waals surface area (Å²) < 4.78 is 5.45. The molecular weight excluding hydrogens is 226 g/mol. The predicted molar refractivity (Wildman–Crippen MR) is 71.0 cm³/mol. The minimum atomic E-state index is 0.836. The first kappa shape index (κ1) is 11.8. The zero-order chi connectivity index (χ0) is 12.5. The van der Waals surface area contributed by atoms with E-state index in [-0.39, 0.29) is 0 Å². The highest BCUT2D eigenvalue weighted by Crippen LogP contribution is 2.42. The Morgan fingerprint density at radius 3 is 2.39 bits per heavy atom. The third-order valence-electron chi connectivity index (χ3n) is 4.30. The van der Waals surface area contributed by atoms with Gasteiger partial charge in [0.2, 0.25) is 0 Å². The zero-order valence-corrected chi connectivity index (χ0v) is 11.2. The number of aryl methyl sites for hydroxylation is 1. The van der Waals surface area contributed by atoms with E-state index in [4.69, 9.17) is 4.74 Å². The van der Waals surface area contributed by atoms with Crippen molar-refractivity contribution in [3.05, 3.63) is 12.0 Å². The van der Waals surface area contributed by atoms with Gasteiger partial charge in [-0.05, 0) is 44.4 Å². The molecule has 18 heavy (non-hydrogen) atoms. The molecule has 1 saturated carbocycles. The SMILES string of the molecule is COc1c(C)ncnc1N1CCC(C2CC2)CC1. The largest absolute Gasteiger partial charge is 0.491 e. The third-order valence-corrected chi connectivity index (χ3v) is 4.30. The van der Waals surface area contributed by atoms with E-state index < -0.39 is 0 Å². The number of ether oxygens (including phenoxy) is 1.